The zero-order valence-electron chi connectivity index (χ0n) is 11.8. The van der Waals surface area contributed by atoms with E-state index in [-0.39, 0.29) is 0 Å². The standard InChI is InChI=1S/C14H10Cl2N4O2S/c1-21-12-9(15)5-8(6-10(12)16)7-17-20-13(18-19-14(20)23)11-3-2-4-22-11/h2-7H,1H3,(H,19,23)/b17-7-. The van der Waals surface area contributed by atoms with Crippen molar-refractivity contribution in [2.24, 2.45) is 5.10 Å². The Hall–Kier alpha value is -2.09. The summed E-state index contributed by atoms with van der Waals surface area (Å²) in [6.45, 7) is 0. The van der Waals surface area contributed by atoms with Gasteiger partial charge in [0.2, 0.25) is 10.6 Å². The summed E-state index contributed by atoms with van der Waals surface area (Å²) >= 11 is 17.4. The van der Waals surface area contributed by atoms with E-state index in [2.05, 4.69) is 15.3 Å². The molecule has 0 saturated carbocycles. The molecule has 23 heavy (non-hydrogen) atoms. The predicted molar refractivity (Wildman–Crippen MR) is 91.1 cm³/mol. The van der Waals surface area contributed by atoms with Gasteiger partial charge in [-0.15, -0.1) is 5.10 Å². The van der Waals surface area contributed by atoms with Gasteiger partial charge in [-0.05, 0) is 42.0 Å². The molecule has 0 aliphatic heterocycles. The van der Waals surface area contributed by atoms with Crippen LogP contribution in [0, 0.1) is 4.77 Å². The Morgan fingerprint density at radius 2 is 2.13 bits per heavy atom. The monoisotopic (exact) mass is 368 g/mol. The first-order valence-corrected chi connectivity index (χ1v) is 7.55. The van der Waals surface area contributed by atoms with E-state index >= 15 is 0 Å². The van der Waals surface area contributed by atoms with Crippen LogP contribution in [-0.4, -0.2) is 28.2 Å². The number of aromatic nitrogens is 3. The predicted octanol–water partition coefficient (Wildman–Crippen LogP) is 4.40. The summed E-state index contributed by atoms with van der Waals surface area (Å²) in [5.74, 6) is 1.42. The fourth-order valence-corrected chi connectivity index (χ4v) is 2.78. The van der Waals surface area contributed by atoms with Gasteiger partial charge < -0.3 is 9.15 Å². The van der Waals surface area contributed by atoms with E-state index in [1.807, 2.05) is 0 Å². The molecular weight excluding hydrogens is 359 g/mol. The molecule has 6 nitrogen and oxygen atoms in total. The van der Waals surface area contributed by atoms with Crippen molar-refractivity contribution in [3.05, 3.63) is 50.9 Å². The van der Waals surface area contributed by atoms with Crippen molar-refractivity contribution >= 4 is 41.6 Å². The number of methoxy groups -OCH3 is 1. The van der Waals surface area contributed by atoms with Gasteiger partial charge in [-0.3, -0.25) is 0 Å². The Labute approximate surface area is 146 Å². The minimum atomic E-state index is 0.332. The van der Waals surface area contributed by atoms with Crippen LogP contribution in [0.3, 0.4) is 0 Å². The summed E-state index contributed by atoms with van der Waals surface area (Å²) in [7, 11) is 1.50. The maximum atomic E-state index is 6.11. The number of furan rings is 1. The van der Waals surface area contributed by atoms with Crippen LogP contribution >= 0.6 is 35.4 Å². The molecule has 0 radical (unpaired) electrons. The molecule has 1 aromatic carbocycles. The zero-order chi connectivity index (χ0) is 16.4. The van der Waals surface area contributed by atoms with Crippen LogP contribution in [0.15, 0.2) is 40.0 Å². The molecule has 0 aliphatic carbocycles. The average molecular weight is 369 g/mol. The number of ether oxygens (including phenoxy) is 1. The van der Waals surface area contributed by atoms with Crippen LogP contribution in [0.2, 0.25) is 10.0 Å². The molecule has 118 valence electrons. The van der Waals surface area contributed by atoms with Crippen LogP contribution in [0.25, 0.3) is 11.6 Å². The summed E-state index contributed by atoms with van der Waals surface area (Å²) in [6, 6.07) is 6.89. The van der Waals surface area contributed by atoms with E-state index in [1.165, 1.54) is 11.8 Å². The first-order chi connectivity index (χ1) is 11.1. The largest absolute Gasteiger partial charge is 0.494 e. The second-order valence-corrected chi connectivity index (χ2v) is 5.60. The fraction of sp³-hybridized carbons (Fsp3) is 0.0714. The number of nitrogens with one attached hydrogen (secondary N) is 1. The molecule has 0 fully saturated rings. The molecule has 2 aromatic heterocycles. The molecule has 0 atom stereocenters. The summed E-state index contributed by atoms with van der Waals surface area (Å²) in [4.78, 5) is 0. The Balaban J connectivity index is 1.99. The molecule has 0 saturated heterocycles. The molecule has 0 spiro atoms. The molecule has 1 N–H and O–H groups in total. The zero-order valence-corrected chi connectivity index (χ0v) is 14.1. The van der Waals surface area contributed by atoms with E-state index in [0.717, 1.165) is 0 Å². The van der Waals surface area contributed by atoms with Crippen molar-refractivity contribution in [2.45, 2.75) is 0 Å². The number of hydrogen-bond acceptors (Lipinski definition) is 5. The van der Waals surface area contributed by atoms with Crippen LogP contribution in [-0.2, 0) is 0 Å². The van der Waals surface area contributed by atoms with Gasteiger partial charge in [0.15, 0.2) is 11.5 Å². The van der Waals surface area contributed by atoms with Crippen molar-refractivity contribution < 1.29 is 9.15 Å². The first kappa shape index (κ1) is 15.8. The van der Waals surface area contributed by atoms with Crippen molar-refractivity contribution in [3.8, 4) is 17.3 Å². The maximum absolute atomic E-state index is 6.11. The molecular formula is C14H10Cl2N4O2S. The highest BCUT2D eigenvalue weighted by atomic mass is 35.5. The highest BCUT2D eigenvalue weighted by molar-refractivity contribution is 7.71. The maximum Gasteiger partial charge on any atom is 0.219 e. The lowest BCUT2D eigenvalue weighted by Crippen LogP contribution is -1.95. The quantitative estimate of drug-likeness (QED) is 0.547. The highest BCUT2D eigenvalue weighted by Gasteiger charge is 2.11. The Kier molecular flexibility index (Phi) is 4.51. The molecule has 0 aliphatic rings. The smallest absolute Gasteiger partial charge is 0.219 e. The topological polar surface area (TPSA) is 68.3 Å². The molecule has 0 unspecified atom stereocenters. The second kappa shape index (κ2) is 6.57. The number of aromatic amines is 1. The van der Waals surface area contributed by atoms with Crippen molar-refractivity contribution in [2.75, 3.05) is 7.11 Å². The fourth-order valence-electron chi connectivity index (χ4n) is 1.94. The first-order valence-electron chi connectivity index (χ1n) is 6.39. The number of halogens is 2. The van der Waals surface area contributed by atoms with Gasteiger partial charge in [0.1, 0.15) is 0 Å². The van der Waals surface area contributed by atoms with E-state index in [9.17, 15) is 0 Å². The lowest BCUT2D eigenvalue weighted by Gasteiger charge is -2.06. The third kappa shape index (κ3) is 3.17. The Morgan fingerprint density at radius 3 is 2.74 bits per heavy atom. The summed E-state index contributed by atoms with van der Waals surface area (Å²) in [6.07, 6.45) is 3.11. The number of H-pyrrole nitrogens is 1. The SMILES string of the molecule is COc1c(Cl)cc(/C=N\n2c(-c3ccco3)n[nH]c2=S)cc1Cl. The number of hydrogen-bond donors (Lipinski definition) is 1. The molecule has 0 amide bonds. The van der Waals surface area contributed by atoms with Gasteiger partial charge in [-0.2, -0.15) is 9.78 Å². The highest BCUT2D eigenvalue weighted by Crippen LogP contribution is 2.33. The molecule has 3 rings (SSSR count). The minimum Gasteiger partial charge on any atom is -0.494 e. The summed E-state index contributed by atoms with van der Waals surface area (Å²) in [5, 5.41) is 11.9. The van der Waals surface area contributed by atoms with Crippen molar-refractivity contribution in [1.29, 1.82) is 0 Å². The van der Waals surface area contributed by atoms with Crippen LogP contribution < -0.4 is 4.74 Å². The van der Waals surface area contributed by atoms with Crippen molar-refractivity contribution in [3.63, 3.8) is 0 Å². The average Bonchev–Trinajstić information content (AvgIpc) is 3.14. The number of benzene rings is 1. The Morgan fingerprint density at radius 1 is 1.39 bits per heavy atom. The van der Waals surface area contributed by atoms with Crippen molar-refractivity contribution in [1.82, 2.24) is 14.9 Å². The van der Waals surface area contributed by atoms with Gasteiger partial charge in [0.05, 0.1) is 29.6 Å². The van der Waals surface area contributed by atoms with Crippen LogP contribution in [0.1, 0.15) is 5.56 Å². The van der Waals surface area contributed by atoms with Gasteiger partial charge in [0, 0.05) is 0 Å². The number of rotatable bonds is 4. The normalized spacial score (nSPS) is 11.3. The third-order valence-electron chi connectivity index (χ3n) is 2.94. The molecule has 3 aromatic rings. The van der Waals surface area contributed by atoms with Gasteiger partial charge in [0.25, 0.3) is 0 Å². The molecule has 2 heterocycles. The van der Waals surface area contributed by atoms with Gasteiger partial charge >= 0.3 is 0 Å². The van der Waals surface area contributed by atoms with Gasteiger partial charge in [-0.1, -0.05) is 23.2 Å². The Bertz CT molecular complexity index is 892. The molecule has 9 heteroatoms. The lowest BCUT2D eigenvalue weighted by atomic mass is 10.2. The third-order valence-corrected chi connectivity index (χ3v) is 3.76. The summed E-state index contributed by atoms with van der Waals surface area (Å²) < 4.78 is 12.2. The van der Waals surface area contributed by atoms with Gasteiger partial charge in [-0.25, -0.2) is 5.10 Å². The van der Waals surface area contributed by atoms with E-state index < -0.39 is 0 Å². The lowest BCUT2D eigenvalue weighted by molar-refractivity contribution is 0.415. The van der Waals surface area contributed by atoms with E-state index in [1.54, 1.807) is 36.7 Å². The van der Waals surface area contributed by atoms with E-state index in [0.29, 0.717) is 37.7 Å². The van der Waals surface area contributed by atoms with Crippen LogP contribution in [0.5, 0.6) is 5.75 Å². The second-order valence-electron chi connectivity index (χ2n) is 4.40. The summed E-state index contributed by atoms with van der Waals surface area (Å²) in [5.41, 5.74) is 0.689. The number of nitrogens with zero attached hydrogens (tertiary/aromatic N) is 3. The minimum absolute atomic E-state index is 0.332. The van der Waals surface area contributed by atoms with E-state index in [4.69, 9.17) is 44.6 Å². The van der Waals surface area contributed by atoms with Crippen LogP contribution in [0.4, 0.5) is 0 Å². The molecule has 0 bridgehead atoms.